The molecule has 0 heterocycles. The molecule has 0 radical (unpaired) electrons. The average Bonchev–Trinajstić information content (AvgIpc) is 2.22. The van der Waals surface area contributed by atoms with E-state index in [9.17, 15) is 0 Å². The second-order valence-electron chi connectivity index (χ2n) is 3.49. The molecule has 0 bridgehead atoms. The van der Waals surface area contributed by atoms with Crippen LogP contribution in [0.15, 0.2) is 0 Å². The van der Waals surface area contributed by atoms with Gasteiger partial charge in [0, 0.05) is 26.8 Å². The maximum atomic E-state index is 5.02. The van der Waals surface area contributed by atoms with Gasteiger partial charge in [-0.25, -0.2) is 0 Å². The van der Waals surface area contributed by atoms with E-state index in [1.165, 1.54) is 19.4 Å². The topological polar surface area (TPSA) is 24.5 Å². The first-order valence-electron chi connectivity index (χ1n) is 5.77. The Labute approximate surface area is 88.8 Å². The van der Waals surface area contributed by atoms with Crippen LogP contribution in [0.25, 0.3) is 0 Å². The van der Waals surface area contributed by atoms with Crippen molar-refractivity contribution >= 4 is 0 Å². The van der Waals surface area contributed by atoms with Gasteiger partial charge in [-0.2, -0.15) is 0 Å². The monoisotopic (exact) mass is 202 g/mol. The zero-order valence-electron chi connectivity index (χ0n) is 10.0. The van der Waals surface area contributed by atoms with Gasteiger partial charge < -0.3 is 15.0 Å². The smallest absolute Gasteiger partial charge is 0.0462 e. The van der Waals surface area contributed by atoms with Crippen molar-refractivity contribution in [3.63, 3.8) is 0 Å². The van der Waals surface area contributed by atoms with Crippen LogP contribution in [0.5, 0.6) is 0 Å². The van der Waals surface area contributed by atoms with Gasteiger partial charge in [0.1, 0.15) is 0 Å². The van der Waals surface area contributed by atoms with E-state index in [0.29, 0.717) is 0 Å². The summed E-state index contributed by atoms with van der Waals surface area (Å²) in [5, 5.41) is 3.35. The van der Waals surface area contributed by atoms with Crippen LogP contribution in [0, 0.1) is 0 Å². The largest absolute Gasteiger partial charge is 0.385 e. The first-order valence-corrected chi connectivity index (χ1v) is 5.77. The molecule has 3 heteroatoms. The van der Waals surface area contributed by atoms with Gasteiger partial charge in [0.25, 0.3) is 0 Å². The molecule has 0 aromatic heterocycles. The van der Waals surface area contributed by atoms with Crippen molar-refractivity contribution in [1.82, 2.24) is 10.2 Å². The van der Waals surface area contributed by atoms with Crippen molar-refractivity contribution in [2.24, 2.45) is 0 Å². The van der Waals surface area contributed by atoms with Gasteiger partial charge in [-0.15, -0.1) is 0 Å². The molecule has 0 spiro atoms. The standard InChI is InChI=1S/C11H26N2O/c1-4-12-8-10-13(5-2)9-6-7-11-14-3/h12H,4-11H2,1-3H3. The third kappa shape index (κ3) is 8.48. The lowest BCUT2D eigenvalue weighted by atomic mass is 10.3. The fourth-order valence-corrected chi connectivity index (χ4v) is 1.42. The Hall–Kier alpha value is -0.120. The maximum Gasteiger partial charge on any atom is 0.0462 e. The minimum absolute atomic E-state index is 0.894. The quantitative estimate of drug-likeness (QED) is 0.541. The van der Waals surface area contributed by atoms with Crippen LogP contribution in [0.4, 0.5) is 0 Å². The summed E-state index contributed by atoms with van der Waals surface area (Å²) >= 11 is 0. The third-order valence-corrected chi connectivity index (χ3v) is 2.37. The first-order chi connectivity index (χ1) is 6.85. The molecule has 0 rings (SSSR count). The molecule has 0 atom stereocenters. The second kappa shape index (κ2) is 11.0. The zero-order valence-corrected chi connectivity index (χ0v) is 10.0. The van der Waals surface area contributed by atoms with Gasteiger partial charge in [-0.1, -0.05) is 13.8 Å². The van der Waals surface area contributed by atoms with Gasteiger partial charge >= 0.3 is 0 Å². The van der Waals surface area contributed by atoms with Gasteiger partial charge in [0.15, 0.2) is 0 Å². The van der Waals surface area contributed by atoms with Crippen molar-refractivity contribution < 1.29 is 4.74 Å². The number of ether oxygens (including phenoxy) is 1. The van der Waals surface area contributed by atoms with E-state index in [0.717, 1.165) is 32.8 Å². The summed E-state index contributed by atoms with van der Waals surface area (Å²) in [6, 6.07) is 0. The molecule has 0 aliphatic rings. The number of unbranched alkanes of at least 4 members (excludes halogenated alkanes) is 1. The Bertz CT molecular complexity index is 109. The van der Waals surface area contributed by atoms with Crippen LogP contribution in [0.3, 0.4) is 0 Å². The van der Waals surface area contributed by atoms with Gasteiger partial charge in [-0.3, -0.25) is 0 Å². The lowest BCUT2D eigenvalue weighted by molar-refractivity contribution is 0.184. The predicted molar refractivity (Wildman–Crippen MR) is 61.8 cm³/mol. The predicted octanol–water partition coefficient (Wildman–Crippen LogP) is 1.34. The summed E-state index contributed by atoms with van der Waals surface area (Å²) in [6.45, 7) is 11.0. The fraction of sp³-hybridized carbons (Fsp3) is 1.00. The van der Waals surface area contributed by atoms with Crippen molar-refractivity contribution in [2.75, 3.05) is 46.4 Å². The van der Waals surface area contributed by atoms with Crippen molar-refractivity contribution in [3.8, 4) is 0 Å². The minimum Gasteiger partial charge on any atom is -0.385 e. The Kier molecular flexibility index (Phi) is 10.9. The van der Waals surface area contributed by atoms with Gasteiger partial charge in [0.2, 0.25) is 0 Å². The number of likely N-dealkylation sites (N-methyl/N-ethyl adjacent to an activating group) is 2. The van der Waals surface area contributed by atoms with Gasteiger partial charge in [-0.05, 0) is 32.5 Å². The fourth-order valence-electron chi connectivity index (χ4n) is 1.42. The van der Waals surface area contributed by atoms with E-state index in [4.69, 9.17) is 4.74 Å². The number of methoxy groups -OCH3 is 1. The van der Waals surface area contributed by atoms with Crippen molar-refractivity contribution in [1.29, 1.82) is 0 Å². The Balaban J connectivity index is 3.28. The molecule has 0 fully saturated rings. The molecule has 0 saturated carbocycles. The molecule has 0 aliphatic carbocycles. The number of nitrogens with zero attached hydrogens (tertiary/aromatic N) is 1. The number of hydrogen-bond acceptors (Lipinski definition) is 3. The highest BCUT2D eigenvalue weighted by molar-refractivity contribution is 4.57. The zero-order chi connectivity index (χ0) is 10.6. The van der Waals surface area contributed by atoms with Crippen LogP contribution in [-0.2, 0) is 4.74 Å². The maximum absolute atomic E-state index is 5.02. The lowest BCUT2D eigenvalue weighted by Gasteiger charge is -2.20. The van der Waals surface area contributed by atoms with E-state index in [2.05, 4.69) is 24.1 Å². The normalized spacial score (nSPS) is 11.1. The number of nitrogens with one attached hydrogen (secondary N) is 1. The van der Waals surface area contributed by atoms with Gasteiger partial charge in [0.05, 0.1) is 0 Å². The molecule has 0 unspecified atom stereocenters. The van der Waals surface area contributed by atoms with Crippen molar-refractivity contribution in [3.05, 3.63) is 0 Å². The van der Waals surface area contributed by atoms with E-state index >= 15 is 0 Å². The Morgan fingerprint density at radius 2 is 1.93 bits per heavy atom. The summed E-state index contributed by atoms with van der Waals surface area (Å²) in [5.41, 5.74) is 0. The molecule has 1 N–H and O–H groups in total. The summed E-state index contributed by atoms with van der Waals surface area (Å²) in [4.78, 5) is 2.48. The number of hydrogen-bond donors (Lipinski definition) is 1. The van der Waals surface area contributed by atoms with Crippen LogP contribution < -0.4 is 5.32 Å². The van der Waals surface area contributed by atoms with Crippen LogP contribution >= 0.6 is 0 Å². The van der Waals surface area contributed by atoms with E-state index in [1.807, 2.05) is 0 Å². The summed E-state index contributed by atoms with van der Waals surface area (Å²) in [5.74, 6) is 0. The molecule has 0 aromatic carbocycles. The summed E-state index contributed by atoms with van der Waals surface area (Å²) in [6.07, 6.45) is 2.42. The second-order valence-corrected chi connectivity index (χ2v) is 3.49. The first kappa shape index (κ1) is 13.9. The number of rotatable bonds is 10. The SMILES string of the molecule is CCNCCN(CC)CCCCOC. The third-order valence-electron chi connectivity index (χ3n) is 2.37. The van der Waals surface area contributed by atoms with E-state index in [-0.39, 0.29) is 0 Å². The molecule has 0 saturated heterocycles. The molecule has 0 aliphatic heterocycles. The Morgan fingerprint density at radius 3 is 2.50 bits per heavy atom. The lowest BCUT2D eigenvalue weighted by Crippen LogP contribution is -2.32. The molecule has 86 valence electrons. The average molecular weight is 202 g/mol. The summed E-state index contributed by atoms with van der Waals surface area (Å²) in [7, 11) is 1.77. The van der Waals surface area contributed by atoms with Crippen molar-refractivity contribution in [2.45, 2.75) is 26.7 Å². The van der Waals surface area contributed by atoms with E-state index < -0.39 is 0 Å². The van der Waals surface area contributed by atoms with Crippen LogP contribution in [-0.4, -0.2) is 51.3 Å². The van der Waals surface area contributed by atoms with Crippen LogP contribution in [0.2, 0.25) is 0 Å². The highest BCUT2D eigenvalue weighted by Crippen LogP contribution is 1.94. The van der Waals surface area contributed by atoms with Crippen LogP contribution in [0.1, 0.15) is 26.7 Å². The molecular weight excluding hydrogens is 176 g/mol. The highest BCUT2D eigenvalue weighted by Gasteiger charge is 2.00. The molecule has 14 heavy (non-hydrogen) atoms. The summed E-state index contributed by atoms with van der Waals surface area (Å²) < 4.78 is 5.02. The molecular formula is C11H26N2O. The highest BCUT2D eigenvalue weighted by atomic mass is 16.5. The minimum atomic E-state index is 0.894. The molecule has 3 nitrogen and oxygen atoms in total. The molecule has 0 amide bonds. The van der Waals surface area contributed by atoms with E-state index in [1.54, 1.807) is 7.11 Å². The Morgan fingerprint density at radius 1 is 1.14 bits per heavy atom. The molecule has 0 aromatic rings.